The van der Waals surface area contributed by atoms with Crippen LogP contribution < -0.4 is 10.3 Å². The van der Waals surface area contributed by atoms with Crippen LogP contribution in [0.1, 0.15) is 24.8 Å². The predicted molar refractivity (Wildman–Crippen MR) is 100 cm³/mol. The zero-order valence-electron chi connectivity index (χ0n) is 14.4. The minimum Gasteiger partial charge on any atom is -0.277 e. The fourth-order valence-corrected chi connectivity index (χ4v) is 4.58. The Morgan fingerprint density at radius 1 is 1.00 bits per heavy atom. The molecule has 25 heavy (non-hydrogen) atoms. The lowest BCUT2D eigenvalue weighted by atomic mass is 10.2. The normalized spacial score (nSPS) is 16.6. The standard InChI is InChI=1S/C19H23N3O2S/c1-20-19(16-9-4-2-5-10-16)21-17-11-8-12-18(15-17)25(23,24)22-13-6-3-7-14-22/h2,4-5,8-12,15H,3,6-7,13-14H2,1H3,(H,20,21)/p+1. The van der Waals surface area contributed by atoms with Crippen molar-refractivity contribution in [3.8, 4) is 0 Å². The van der Waals surface area contributed by atoms with Crippen LogP contribution in [0.2, 0.25) is 0 Å². The maximum absolute atomic E-state index is 12.8. The Bertz CT molecular complexity index is 842. The first-order valence-electron chi connectivity index (χ1n) is 8.58. The molecule has 0 aliphatic carbocycles. The predicted octanol–water partition coefficient (Wildman–Crippen LogP) is 1.43. The quantitative estimate of drug-likeness (QED) is 0.642. The monoisotopic (exact) mass is 358 g/mol. The average Bonchev–Trinajstić information content (AvgIpc) is 2.67. The van der Waals surface area contributed by atoms with Gasteiger partial charge in [-0.2, -0.15) is 4.31 Å². The summed E-state index contributed by atoms with van der Waals surface area (Å²) in [4.78, 5) is 3.47. The van der Waals surface area contributed by atoms with Gasteiger partial charge in [0.2, 0.25) is 10.0 Å². The molecule has 1 heterocycles. The Balaban J connectivity index is 1.84. The number of rotatable bonds is 4. The summed E-state index contributed by atoms with van der Waals surface area (Å²) in [5.74, 6) is 0.827. The number of amidine groups is 1. The van der Waals surface area contributed by atoms with Crippen LogP contribution in [0.4, 0.5) is 5.69 Å². The van der Waals surface area contributed by atoms with E-state index in [9.17, 15) is 8.42 Å². The summed E-state index contributed by atoms with van der Waals surface area (Å²) in [6.07, 6.45) is 2.97. The number of anilines is 1. The van der Waals surface area contributed by atoms with E-state index in [0.717, 1.165) is 36.3 Å². The number of hydrogen-bond acceptors (Lipinski definition) is 2. The van der Waals surface area contributed by atoms with Crippen LogP contribution in [0.25, 0.3) is 0 Å². The average molecular weight is 358 g/mol. The molecule has 0 atom stereocenters. The molecule has 0 amide bonds. The van der Waals surface area contributed by atoms with Gasteiger partial charge < -0.3 is 0 Å². The van der Waals surface area contributed by atoms with Gasteiger partial charge in [-0.05, 0) is 37.1 Å². The highest BCUT2D eigenvalue weighted by Crippen LogP contribution is 2.23. The highest BCUT2D eigenvalue weighted by Gasteiger charge is 2.26. The van der Waals surface area contributed by atoms with E-state index in [1.165, 1.54) is 0 Å². The van der Waals surface area contributed by atoms with Gasteiger partial charge >= 0.3 is 0 Å². The molecule has 3 rings (SSSR count). The van der Waals surface area contributed by atoms with Crippen molar-refractivity contribution in [1.29, 1.82) is 0 Å². The van der Waals surface area contributed by atoms with Crippen LogP contribution in [0.15, 0.2) is 59.5 Å². The van der Waals surface area contributed by atoms with Crippen molar-refractivity contribution in [3.05, 3.63) is 60.2 Å². The Labute approximate surface area is 149 Å². The molecule has 0 bridgehead atoms. The van der Waals surface area contributed by atoms with Crippen LogP contribution in [0, 0.1) is 0 Å². The number of nitrogens with one attached hydrogen (secondary N) is 2. The Morgan fingerprint density at radius 2 is 1.72 bits per heavy atom. The largest absolute Gasteiger partial charge is 0.279 e. The first-order chi connectivity index (χ1) is 12.1. The van der Waals surface area contributed by atoms with E-state index in [-0.39, 0.29) is 0 Å². The van der Waals surface area contributed by atoms with E-state index in [4.69, 9.17) is 0 Å². The summed E-state index contributed by atoms with van der Waals surface area (Å²) in [6.45, 7) is 1.22. The molecule has 0 radical (unpaired) electrons. The third-order valence-electron chi connectivity index (χ3n) is 4.37. The van der Waals surface area contributed by atoms with E-state index in [1.54, 1.807) is 22.5 Å². The lowest BCUT2D eigenvalue weighted by molar-refractivity contribution is -0.419. The van der Waals surface area contributed by atoms with Crippen LogP contribution in [-0.4, -0.2) is 38.7 Å². The molecule has 132 valence electrons. The zero-order valence-corrected chi connectivity index (χ0v) is 15.2. The van der Waals surface area contributed by atoms with Crippen LogP contribution >= 0.6 is 0 Å². The van der Waals surface area contributed by atoms with Crippen molar-refractivity contribution in [2.75, 3.05) is 25.5 Å². The molecule has 2 aromatic rings. The van der Waals surface area contributed by atoms with E-state index < -0.39 is 10.0 Å². The number of hydrogen-bond donors (Lipinski definition) is 2. The van der Waals surface area contributed by atoms with Crippen molar-refractivity contribution < 1.29 is 13.4 Å². The van der Waals surface area contributed by atoms with Crippen molar-refractivity contribution in [2.24, 2.45) is 0 Å². The molecule has 0 spiro atoms. The minimum absolute atomic E-state index is 0.336. The minimum atomic E-state index is -3.43. The van der Waals surface area contributed by atoms with Crippen molar-refractivity contribution >= 4 is 21.5 Å². The maximum Gasteiger partial charge on any atom is 0.279 e. The van der Waals surface area contributed by atoms with Gasteiger partial charge in [-0.15, -0.1) is 0 Å². The van der Waals surface area contributed by atoms with Gasteiger partial charge in [0.05, 0.1) is 17.5 Å². The highest BCUT2D eigenvalue weighted by molar-refractivity contribution is 7.89. The SMILES string of the molecule is C[NH+]=C(Nc1cccc(S(=O)(=O)N2CCCCC2)c1)c1ccccc1. The van der Waals surface area contributed by atoms with Gasteiger partial charge in [0, 0.05) is 19.2 Å². The molecule has 1 aliphatic rings. The number of sulfonamides is 1. The summed E-state index contributed by atoms with van der Waals surface area (Å²) in [7, 11) is -1.59. The molecule has 1 saturated heterocycles. The van der Waals surface area contributed by atoms with Gasteiger partial charge in [-0.1, -0.05) is 30.7 Å². The summed E-state index contributed by atoms with van der Waals surface area (Å²) in [5.41, 5.74) is 1.75. The Kier molecular flexibility index (Phi) is 5.50. The molecule has 2 N–H and O–H groups in total. The van der Waals surface area contributed by atoms with Crippen LogP contribution in [-0.2, 0) is 10.0 Å². The lowest BCUT2D eigenvalue weighted by Gasteiger charge is -2.25. The molecule has 0 saturated carbocycles. The van der Waals surface area contributed by atoms with Crippen molar-refractivity contribution in [1.82, 2.24) is 4.31 Å². The van der Waals surface area contributed by atoms with Crippen LogP contribution in [0.3, 0.4) is 0 Å². The van der Waals surface area contributed by atoms with E-state index in [0.29, 0.717) is 18.0 Å². The third kappa shape index (κ3) is 4.08. The third-order valence-corrected chi connectivity index (χ3v) is 6.26. The molecule has 5 nitrogen and oxygen atoms in total. The van der Waals surface area contributed by atoms with E-state index in [2.05, 4.69) is 10.3 Å². The van der Waals surface area contributed by atoms with E-state index >= 15 is 0 Å². The molecule has 6 heteroatoms. The lowest BCUT2D eigenvalue weighted by Crippen LogP contribution is -2.70. The summed E-state index contributed by atoms with van der Waals surface area (Å²) in [6, 6.07) is 16.9. The molecule has 0 unspecified atom stereocenters. The fourth-order valence-electron chi connectivity index (χ4n) is 3.02. The smallest absolute Gasteiger partial charge is 0.277 e. The van der Waals surface area contributed by atoms with Gasteiger partial charge in [0.25, 0.3) is 5.84 Å². The molecule has 2 aromatic carbocycles. The zero-order chi connectivity index (χ0) is 17.7. The van der Waals surface area contributed by atoms with E-state index in [1.807, 2.05) is 43.4 Å². The molecule has 1 fully saturated rings. The molecular weight excluding hydrogens is 334 g/mol. The highest BCUT2D eigenvalue weighted by atomic mass is 32.2. The van der Waals surface area contributed by atoms with Gasteiger partial charge in [0.1, 0.15) is 5.69 Å². The second-order valence-corrected chi connectivity index (χ2v) is 8.05. The van der Waals surface area contributed by atoms with Crippen molar-refractivity contribution in [2.45, 2.75) is 24.2 Å². The maximum atomic E-state index is 12.8. The molecule has 1 aliphatic heterocycles. The topological polar surface area (TPSA) is 63.4 Å². The Hall–Kier alpha value is -2.18. The van der Waals surface area contributed by atoms with Gasteiger partial charge in [0.15, 0.2) is 0 Å². The molecular formula is C19H24N3O2S+. The van der Waals surface area contributed by atoms with Gasteiger partial charge in [-0.3, -0.25) is 4.99 Å². The first kappa shape index (κ1) is 17.6. The van der Waals surface area contributed by atoms with Crippen molar-refractivity contribution in [3.63, 3.8) is 0 Å². The first-order valence-corrected chi connectivity index (χ1v) is 10.0. The van der Waals surface area contributed by atoms with Gasteiger partial charge in [-0.25, -0.2) is 13.7 Å². The Morgan fingerprint density at radius 3 is 2.40 bits per heavy atom. The summed E-state index contributed by atoms with van der Waals surface area (Å²) < 4.78 is 27.3. The summed E-state index contributed by atoms with van der Waals surface area (Å²) in [5, 5.41) is 3.28. The second-order valence-electron chi connectivity index (χ2n) is 6.11. The number of benzene rings is 2. The van der Waals surface area contributed by atoms with Crippen LogP contribution in [0.5, 0.6) is 0 Å². The number of piperidine rings is 1. The summed E-state index contributed by atoms with van der Waals surface area (Å²) >= 11 is 0. The second kappa shape index (κ2) is 7.80. The number of nitrogens with zero attached hydrogens (tertiary/aromatic N) is 1. The fraction of sp³-hybridized carbons (Fsp3) is 0.316. The molecule has 0 aromatic heterocycles.